The lowest BCUT2D eigenvalue weighted by Crippen LogP contribution is -2.37. The molecule has 0 unspecified atom stereocenters. The summed E-state index contributed by atoms with van der Waals surface area (Å²) in [5.41, 5.74) is 3.16. The zero-order valence-corrected chi connectivity index (χ0v) is 14.7. The third-order valence-corrected chi connectivity index (χ3v) is 4.38. The number of carbonyl (C=O) groups is 1. The Balaban J connectivity index is 1.73. The second-order valence-electron chi connectivity index (χ2n) is 6.35. The van der Waals surface area contributed by atoms with Crippen molar-refractivity contribution < 1.29 is 4.79 Å². The number of carbonyl (C=O) groups excluding carboxylic acids is 1. The molecule has 0 saturated carbocycles. The van der Waals surface area contributed by atoms with Gasteiger partial charge in [0.15, 0.2) is 5.82 Å². The maximum absolute atomic E-state index is 12.6. The van der Waals surface area contributed by atoms with E-state index in [0.717, 1.165) is 22.8 Å². The quantitative estimate of drug-likeness (QED) is 0.771. The third-order valence-electron chi connectivity index (χ3n) is 4.38. The van der Waals surface area contributed by atoms with Crippen LogP contribution < -0.4 is 4.90 Å². The monoisotopic (exact) mass is 349 g/mol. The Morgan fingerprint density at radius 2 is 2.08 bits per heavy atom. The van der Waals surface area contributed by atoms with Crippen molar-refractivity contribution in [2.24, 2.45) is 0 Å². The fraction of sp³-hybridized carbons (Fsp3) is 0.278. The number of hydrogen-bond donors (Lipinski definition) is 1. The number of aromatic nitrogens is 5. The molecule has 0 radical (unpaired) electrons. The molecule has 26 heavy (non-hydrogen) atoms. The predicted molar refractivity (Wildman–Crippen MR) is 96.6 cm³/mol. The van der Waals surface area contributed by atoms with Crippen LogP contribution in [0.1, 0.15) is 21.7 Å². The number of hydrogen-bond acceptors (Lipinski definition) is 6. The maximum Gasteiger partial charge on any atom is 0.272 e. The number of rotatable bonds is 3. The van der Waals surface area contributed by atoms with E-state index in [1.54, 1.807) is 23.4 Å². The first-order valence-corrected chi connectivity index (χ1v) is 8.40. The van der Waals surface area contributed by atoms with Crippen LogP contribution in [0.15, 0.2) is 36.7 Å². The van der Waals surface area contributed by atoms with E-state index < -0.39 is 0 Å². The van der Waals surface area contributed by atoms with E-state index in [1.807, 2.05) is 37.2 Å². The second kappa shape index (κ2) is 6.55. The fourth-order valence-corrected chi connectivity index (χ4v) is 3.11. The molecule has 0 aliphatic carbocycles. The minimum Gasteiger partial charge on any atom is -0.362 e. The third kappa shape index (κ3) is 2.90. The molecule has 1 N–H and O–H groups in total. The number of aromatic amines is 1. The van der Waals surface area contributed by atoms with Crippen LogP contribution in [0.4, 0.5) is 5.82 Å². The SMILES string of the molecule is CN(C)c1nc(-c2ccccn2)nc2c1CCN(C(=O)c1ccn[nH]1)C2. The van der Waals surface area contributed by atoms with E-state index >= 15 is 0 Å². The van der Waals surface area contributed by atoms with Gasteiger partial charge in [0.2, 0.25) is 0 Å². The molecular weight excluding hydrogens is 330 g/mol. The van der Waals surface area contributed by atoms with Crippen LogP contribution in [0.3, 0.4) is 0 Å². The lowest BCUT2D eigenvalue weighted by atomic mass is 10.0. The van der Waals surface area contributed by atoms with Gasteiger partial charge in [-0.15, -0.1) is 0 Å². The van der Waals surface area contributed by atoms with Gasteiger partial charge < -0.3 is 9.80 Å². The van der Waals surface area contributed by atoms with Gasteiger partial charge in [0.25, 0.3) is 5.91 Å². The minimum atomic E-state index is -0.0717. The number of nitrogens with zero attached hydrogens (tertiary/aromatic N) is 6. The normalized spacial score (nSPS) is 13.4. The highest BCUT2D eigenvalue weighted by atomic mass is 16.2. The van der Waals surface area contributed by atoms with Gasteiger partial charge in [0, 0.05) is 38.6 Å². The lowest BCUT2D eigenvalue weighted by molar-refractivity contribution is 0.0726. The molecule has 1 amide bonds. The van der Waals surface area contributed by atoms with Gasteiger partial charge in [0.05, 0.1) is 12.2 Å². The Hall–Kier alpha value is -3.29. The number of pyridine rings is 1. The zero-order chi connectivity index (χ0) is 18.1. The van der Waals surface area contributed by atoms with Gasteiger partial charge >= 0.3 is 0 Å². The van der Waals surface area contributed by atoms with Crippen LogP contribution in [0.25, 0.3) is 11.5 Å². The molecule has 0 atom stereocenters. The molecule has 3 aromatic heterocycles. The molecule has 0 aromatic carbocycles. The number of amides is 1. The largest absolute Gasteiger partial charge is 0.362 e. The van der Waals surface area contributed by atoms with Crippen molar-refractivity contribution in [2.75, 3.05) is 25.5 Å². The molecule has 8 heteroatoms. The second-order valence-corrected chi connectivity index (χ2v) is 6.35. The van der Waals surface area contributed by atoms with Gasteiger partial charge in [0.1, 0.15) is 17.2 Å². The molecule has 4 heterocycles. The average molecular weight is 349 g/mol. The van der Waals surface area contributed by atoms with Gasteiger partial charge in [-0.05, 0) is 24.6 Å². The molecule has 0 saturated heterocycles. The topological polar surface area (TPSA) is 90.9 Å². The van der Waals surface area contributed by atoms with Gasteiger partial charge in [-0.1, -0.05) is 6.07 Å². The summed E-state index contributed by atoms with van der Waals surface area (Å²) in [5, 5.41) is 6.59. The van der Waals surface area contributed by atoms with Crippen LogP contribution in [-0.4, -0.2) is 56.6 Å². The predicted octanol–water partition coefficient (Wildman–Crippen LogP) is 1.53. The summed E-state index contributed by atoms with van der Waals surface area (Å²) in [6.45, 7) is 1.06. The molecule has 0 spiro atoms. The Bertz CT molecular complexity index is 922. The van der Waals surface area contributed by atoms with E-state index in [1.165, 1.54) is 0 Å². The highest BCUT2D eigenvalue weighted by molar-refractivity contribution is 5.92. The van der Waals surface area contributed by atoms with E-state index in [0.29, 0.717) is 31.0 Å². The van der Waals surface area contributed by atoms with Crippen LogP contribution in [0, 0.1) is 0 Å². The fourth-order valence-electron chi connectivity index (χ4n) is 3.11. The smallest absolute Gasteiger partial charge is 0.272 e. The summed E-state index contributed by atoms with van der Waals surface area (Å²) in [4.78, 5) is 30.2. The Morgan fingerprint density at radius 1 is 1.19 bits per heavy atom. The molecule has 132 valence electrons. The highest BCUT2D eigenvalue weighted by Gasteiger charge is 2.27. The number of H-pyrrole nitrogens is 1. The summed E-state index contributed by atoms with van der Waals surface area (Å²) < 4.78 is 0. The molecule has 4 rings (SSSR count). The van der Waals surface area contributed by atoms with Crippen molar-refractivity contribution in [1.29, 1.82) is 0 Å². The van der Waals surface area contributed by atoms with E-state index in [-0.39, 0.29) is 5.91 Å². The first kappa shape index (κ1) is 16.2. The molecule has 0 fully saturated rings. The minimum absolute atomic E-state index is 0.0717. The van der Waals surface area contributed by atoms with Crippen molar-refractivity contribution >= 4 is 11.7 Å². The van der Waals surface area contributed by atoms with Crippen molar-refractivity contribution in [3.05, 3.63) is 53.6 Å². The number of nitrogens with one attached hydrogen (secondary N) is 1. The lowest BCUT2D eigenvalue weighted by Gasteiger charge is -2.30. The molecule has 8 nitrogen and oxygen atoms in total. The zero-order valence-electron chi connectivity index (χ0n) is 14.7. The highest BCUT2D eigenvalue weighted by Crippen LogP contribution is 2.28. The van der Waals surface area contributed by atoms with Gasteiger partial charge in [-0.2, -0.15) is 5.10 Å². The number of fused-ring (bicyclic) bond motifs is 1. The first-order valence-electron chi connectivity index (χ1n) is 8.40. The molecule has 1 aliphatic rings. The van der Waals surface area contributed by atoms with Gasteiger partial charge in [-0.25, -0.2) is 9.97 Å². The summed E-state index contributed by atoms with van der Waals surface area (Å²) >= 11 is 0. The molecular formula is C18H19N7O. The average Bonchev–Trinajstić information content (AvgIpc) is 3.21. The van der Waals surface area contributed by atoms with E-state index in [2.05, 4.69) is 15.2 Å². The summed E-state index contributed by atoms with van der Waals surface area (Å²) in [6.07, 6.45) is 4.02. The Labute approximate surface area is 150 Å². The molecule has 3 aromatic rings. The van der Waals surface area contributed by atoms with Crippen molar-refractivity contribution in [2.45, 2.75) is 13.0 Å². The Morgan fingerprint density at radius 3 is 2.77 bits per heavy atom. The summed E-state index contributed by atoms with van der Waals surface area (Å²) in [7, 11) is 3.93. The van der Waals surface area contributed by atoms with Crippen LogP contribution in [0.2, 0.25) is 0 Å². The Kier molecular flexibility index (Phi) is 4.08. The first-order chi connectivity index (χ1) is 12.6. The molecule has 0 bridgehead atoms. The van der Waals surface area contributed by atoms with Crippen molar-refractivity contribution in [3.8, 4) is 11.5 Å². The maximum atomic E-state index is 12.6. The summed E-state index contributed by atoms with van der Waals surface area (Å²) in [6, 6.07) is 7.34. The van der Waals surface area contributed by atoms with Gasteiger partial charge in [-0.3, -0.25) is 14.9 Å². The van der Waals surface area contributed by atoms with E-state index in [4.69, 9.17) is 9.97 Å². The van der Waals surface area contributed by atoms with Crippen LogP contribution in [-0.2, 0) is 13.0 Å². The number of anilines is 1. The summed E-state index contributed by atoms with van der Waals surface area (Å²) in [5.74, 6) is 1.38. The molecule has 1 aliphatic heterocycles. The van der Waals surface area contributed by atoms with Crippen molar-refractivity contribution in [3.63, 3.8) is 0 Å². The van der Waals surface area contributed by atoms with Crippen LogP contribution in [0.5, 0.6) is 0 Å². The standard InChI is InChI=1S/C18H19N7O/c1-24(2)17-12-7-10-25(18(26)14-6-9-20-23-14)11-15(12)21-16(22-17)13-5-3-4-8-19-13/h3-6,8-9H,7,10-11H2,1-2H3,(H,20,23). The van der Waals surface area contributed by atoms with Crippen molar-refractivity contribution in [1.82, 2.24) is 30.0 Å². The van der Waals surface area contributed by atoms with E-state index in [9.17, 15) is 4.79 Å². The van der Waals surface area contributed by atoms with Crippen LogP contribution >= 0.6 is 0 Å².